The first-order valence-corrected chi connectivity index (χ1v) is 15.9. The number of nitrogens with zero attached hydrogens (tertiary/aromatic N) is 2. The van der Waals surface area contributed by atoms with E-state index in [4.69, 9.17) is 4.74 Å². The molecule has 44 heavy (non-hydrogen) atoms. The van der Waals surface area contributed by atoms with Gasteiger partial charge in [0.2, 0.25) is 11.8 Å². The fourth-order valence-corrected chi connectivity index (χ4v) is 5.90. The molecule has 240 valence electrons. The maximum atomic E-state index is 13.9. The molecule has 3 amide bonds. The summed E-state index contributed by atoms with van der Waals surface area (Å²) in [5.41, 5.74) is 3.04. The fraction of sp³-hybridized carbons (Fsp3) is 0.528. The molecule has 0 spiro atoms. The maximum Gasteiger partial charge on any atom is 0.251 e. The second kappa shape index (κ2) is 15.9. The maximum absolute atomic E-state index is 13.9. The van der Waals surface area contributed by atoms with E-state index in [-0.39, 0.29) is 47.7 Å². The molecule has 1 fully saturated rings. The van der Waals surface area contributed by atoms with Gasteiger partial charge in [-0.05, 0) is 75.3 Å². The number of hydrogen-bond donors (Lipinski definition) is 2. The van der Waals surface area contributed by atoms with Gasteiger partial charge in [-0.1, -0.05) is 76.6 Å². The molecular weight excluding hydrogens is 552 g/mol. The highest BCUT2D eigenvalue weighted by Crippen LogP contribution is 2.31. The molecule has 3 rings (SSSR count). The SMILES string of the molecule is COc1ccc(-c2ccccc2)cc1NC(=O)/C(C)=C/[C@H](C(C)C)N(C)C(=O)[C@@H](NC(=O)[C@H]1CCCCN1C(C)C)C(C)C. The van der Waals surface area contributed by atoms with Crippen LogP contribution in [0.2, 0.25) is 0 Å². The zero-order chi connectivity index (χ0) is 32.6. The summed E-state index contributed by atoms with van der Waals surface area (Å²) in [5.74, 6) is -0.0438. The van der Waals surface area contributed by atoms with Crippen LogP contribution in [0.15, 0.2) is 60.2 Å². The second-order valence-electron chi connectivity index (χ2n) is 12.8. The van der Waals surface area contributed by atoms with Gasteiger partial charge < -0.3 is 20.3 Å². The molecule has 0 bridgehead atoms. The molecule has 1 heterocycles. The average molecular weight is 605 g/mol. The quantitative estimate of drug-likeness (QED) is 0.284. The van der Waals surface area contributed by atoms with E-state index in [1.54, 1.807) is 26.0 Å². The van der Waals surface area contributed by atoms with Crippen molar-refractivity contribution in [3.05, 3.63) is 60.2 Å². The van der Waals surface area contributed by atoms with Crippen molar-refractivity contribution in [1.29, 1.82) is 0 Å². The number of rotatable bonds is 12. The van der Waals surface area contributed by atoms with E-state index < -0.39 is 6.04 Å². The van der Waals surface area contributed by atoms with E-state index >= 15 is 0 Å². The second-order valence-corrected chi connectivity index (χ2v) is 12.8. The minimum absolute atomic E-state index is 0.0286. The summed E-state index contributed by atoms with van der Waals surface area (Å²) in [6.07, 6.45) is 4.72. The number of carbonyl (C=O) groups excluding carboxylic acids is 3. The van der Waals surface area contributed by atoms with Crippen LogP contribution in [0.5, 0.6) is 5.75 Å². The third-order valence-corrected chi connectivity index (χ3v) is 8.55. The van der Waals surface area contributed by atoms with Crippen LogP contribution in [0.4, 0.5) is 5.69 Å². The Hall–Kier alpha value is -3.65. The molecular formula is C36H52N4O4. The first-order valence-electron chi connectivity index (χ1n) is 15.9. The molecule has 0 aromatic heterocycles. The van der Waals surface area contributed by atoms with Crippen molar-refractivity contribution in [2.75, 3.05) is 26.0 Å². The number of nitrogens with one attached hydrogen (secondary N) is 2. The first-order chi connectivity index (χ1) is 20.8. The summed E-state index contributed by atoms with van der Waals surface area (Å²) < 4.78 is 5.53. The minimum Gasteiger partial charge on any atom is -0.495 e. The summed E-state index contributed by atoms with van der Waals surface area (Å²) in [6, 6.07) is 14.6. The Kier molecular flexibility index (Phi) is 12.6. The van der Waals surface area contributed by atoms with E-state index in [0.29, 0.717) is 17.0 Å². The van der Waals surface area contributed by atoms with Crippen LogP contribution in [0, 0.1) is 11.8 Å². The van der Waals surface area contributed by atoms with Crippen molar-refractivity contribution < 1.29 is 19.1 Å². The van der Waals surface area contributed by atoms with Gasteiger partial charge in [0.1, 0.15) is 11.8 Å². The van der Waals surface area contributed by atoms with E-state index in [2.05, 4.69) is 29.4 Å². The lowest BCUT2D eigenvalue weighted by atomic mass is 9.95. The molecule has 3 atom stereocenters. The molecule has 8 heteroatoms. The highest BCUT2D eigenvalue weighted by atomic mass is 16.5. The van der Waals surface area contributed by atoms with Gasteiger partial charge in [-0.3, -0.25) is 19.3 Å². The summed E-state index contributed by atoms with van der Waals surface area (Å²) in [6.45, 7) is 14.8. The average Bonchev–Trinajstić information content (AvgIpc) is 3.01. The van der Waals surface area contributed by atoms with Crippen molar-refractivity contribution in [3.63, 3.8) is 0 Å². The van der Waals surface area contributed by atoms with Gasteiger partial charge in [0.15, 0.2) is 0 Å². The molecule has 0 unspecified atom stereocenters. The van der Waals surface area contributed by atoms with Crippen LogP contribution in [0.25, 0.3) is 11.1 Å². The fourth-order valence-electron chi connectivity index (χ4n) is 5.90. The number of carbonyl (C=O) groups is 3. The van der Waals surface area contributed by atoms with Crippen LogP contribution in [0.1, 0.15) is 67.7 Å². The van der Waals surface area contributed by atoms with Gasteiger partial charge in [0, 0.05) is 18.7 Å². The standard InChI is InChI=1S/C36H52N4O4/c1-23(2)31(39(8)36(43)33(24(3)4)38-35(42)30-17-13-14-20-40(30)25(5)6)21-26(7)34(41)37-29-22-28(18-19-32(29)44-9)27-15-11-10-12-16-27/h10-12,15-16,18-19,21-25,30-31,33H,13-14,17,20H2,1-9H3,(H,37,41)(H,38,42)/b26-21+/t30-,31-,33+/m1/s1. The molecule has 1 saturated heterocycles. The van der Waals surface area contributed by atoms with Gasteiger partial charge in [-0.25, -0.2) is 0 Å². The number of anilines is 1. The Morgan fingerprint density at radius 3 is 2.23 bits per heavy atom. The summed E-state index contributed by atoms with van der Waals surface area (Å²) in [4.78, 5) is 44.7. The van der Waals surface area contributed by atoms with Crippen molar-refractivity contribution >= 4 is 23.4 Å². The van der Waals surface area contributed by atoms with Crippen LogP contribution in [-0.4, -0.2) is 72.4 Å². The Morgan fingerprint density at radius 1 is 0.955 bits per heavy atom. The van der Waals surface area contributed by atoms with Gasteiger partial charge in [-0.15, -0.1) is 0 Å². The molecule has 0 aliphatic carbocycles. The number of likely N-dealkylation sites (N-methyl/N-ethyl adjacent to an activating group) is 1. The Balaban J connectivity index is 1.79. The molecule has 8 nitrogen and oxygen atoms in total. The molecule has 2 N–H and O–H groups in total. The summed E-state index contributed by atoms with van der Waals surface area (Å²) in [7, 11) is 3.33. The third-order valence-electron chi connectivity index (χ3n) is 8.55. The third kappa shape index (κ3) is 8.72. The zero-order valence-electron chi connectivity index (χ0n) is 28.0. The van der Waals surface area contributed by atoms with Crippen molar-refractivity contribution in [3.8, 4) is 16.9 Å². The minimum atomic E-state index is -0.669. The lowest BCUT2D eigenvalue weighted by molar-refractivity contribution is -0.140. The summed E-state index contributed by atoms with van der Waals surface area (Å²) in [5, 5.41) is 6.10. The topological polar surface area (TPSA) is 91.0 Å². The molecule has 0 radical (unpaired) electrons. The number of amides is 3. The van der Waals surface area contributed by atoms with E-state index in [1.807, 2.05) is 82.3 Å². The highest BCUT2D eigenvalue weighted by molar-refractivity contribution is 6.04. The normalized spacial score (nSPS) is 17.4. The Labute approximate surface area is 264 Å². The van der Waals surface area contributed by atoms with Gasteiger partial charge >= 0.3 is 0 Å². The number of piperidine rings is 1. The largest absolute Gasteiger partial charge is 0.495 e. The van der Waals surface area contributed by atoms with Crippen LogP contribution in [0.3, 0.4) is 0 Å². The van der Waals surface area contributed by atoms with Crippen LogP contribution < -0.4 is 15.4 Å². The Bertz CT molecular complexity index is 1300. The number of ether oxygens (including phenoxy) is 1. The smallest absolute Gasteiger partial charge is 0.251 e. The van der Waals surface area contributed by atoms with Crippen molar-refractivity contribution in [1.82, 2.24) is 15.1 Å². The highest BCUT2D eigenvalue weighted by Gasteiger charge is 2.36. The van der Waals surface area contributed by atoms with Crippen LogP contribution >= 0.6 is 0 Å². The molecule has 2 aromatic rings. The number of likely N-dealkylation sites (tertiary alicyclic amines) is 1. The van der Waals surface area contributed by atoms with Crippen molar-refractivity contribution in [2.24, 2.45) is 11.8 Å². The number of benzene rings is 2. The lowest BCUT2D eigenvalue weighted by Crippen LogP contribution is -2.58. The molecule has 2 aromatic carbocycles. The van der Waals surface area contributed by atoms with Crippen molar-refractivity contribution in [2.45, 2.75) is 91.9 Å². The van der Waals surface area contributed by atoms with E-state index in [1.165, 1.54) is 0 Å². The predicted octanol–water partition coefficient (Wildman–Crippen LogP) is 6.13. The van der Waals surface area contributed by atoms with E-state index in [0.717, 1.165) is 36.9 Å². The number of methoxy groups -OCH3 is 1. The monoisotopic (exact) mass is 604 g/mol. The molecule has 1 aliphatic heterocycles. The zero-order valence-corrected chi connectivity index (χ0v) is 28.0. The lowest BCUT2D eigenvalue weighted by Gasteiger charge is -2.39. The molecule has 1 aliphatic rings. The first kappa shape index (κ1) is 34.8. The Morgan fingerprint density at radius 2 is 1.64 bits per heavy atom. The predicted molar refractivity (Wildman–Crippen MR) is 178 cm³/mol. The summed E-state index contributed by atoms with van der Waals surface area (Å²) >= 11 is 0. The molecule has 0 saturated carbocycles. The van der Waals surface area contributed by atoms with E-state index in [9.17, 15) is 14.4 Å². The number of hydrogen-bond acceptors (Lipinski definition) is 5. The van der Waals surface area contributed by atoms with Gasteiger partial charge in [0.25, 0.3) is 5.91 Å². The van der Waals surface area contributed by atoms with Crippen LogP contribution in [-0.2, 0) is 14.4 Å². The van der Waals surface area contributed by atoms with Gasteiger partial charge in [0.05, 0.1) is 24.9 Å². The van der Waals surface area contributed by atoms with Gasteiger partial charge in [-0.2, -0.15) is 0 Å².